The highest BCUT2D eigenvalue weighted by atomic mass is 16.3. The number of aryl methyl sites for hydroxylation is 1. The number of likely N-dealkylation sites (N-methyl/N-ethyl adjacent to an activating group) is 1. The van der Waals surface area contributed by atoms with Crippen molar-refractivity contribution < 1.29 is 4.42 Å². The van der Waals surface area contributed by atoms with Crippen LogP contribution in [0.2, 0.25) is 0 Å². The van der Waals surface area contributed by atoms with Crippen molar-refractivity contribution in [2.24, 2.45) is 0 Å². The molecule has 0 saturated heterocycles. The van der Waals surface area contributed by atoms with Gasteiger partial charge in [0, 0.05) is 27.1 Å². The first-order valence-electron chi connectivity index (χ1n) is 6.04. The van der Waals surface area contributed by atoms with Crippen molar-refractivity contribution in [2.75, 3.05) is 36.6 Å². The monoisotopic (exact) mass is 262 g/mol. The zero-order valence-electron chi connectivity index (χ0n) is 11.3. The molecular formula is C12H18N6O. The van der Waals surface area contributed by atoms with Crippen LogP contribution in [0.15, 0.2) is 16.5 Å². The third-order valence-corrected chi connectivity index (χ3v) is 2.70. The molecule has 2 rings (SSSR count). The molecule has 2 aromatic rings. The minimum absolute atomic E-state index is 0.204. The van der Waals surface area contributed by atoms with Crippen LogP contribution in [0.5, 0.6) is 0 Å². The van der Waals surface area contributed by atoms with Gasteiger partial charge in [0.1, 0.15) is 11.5 Å². The molecule has 2 heterocycles. The predicted octanol–water partition coefficient (Wildman–Crippen LogP) is 1.08. The summed E-state index contributed by atoms with van der Waals surface area (Å²) in [6, 6.07) is 3.93. The molecule has 0 atom stereocenters. The highest BCUT2D eigenvalue weighted by Gasteiger charge is 2.09. The molecule has 0 unspecified atom stereocenters. The van der Waals surface area contributed by atoms with E-state index in [1.807, 2.05) is 31.0 Å². The van der Waals surface area contributed by atoms with Crippen LogP contribution < -0.4 is 16.0 Å². The Morgan fingerprint density at radius 2 is 2.11 bits per heavy atom. The first-order valence-corrected chi connectivity index (χ1v) is 6.04. The van der Waals surface area contributed by atoms with E-state index in [-0.39, 0.29) is 5.95 Å². The normalized spacial score (nSPS) is 10.5. The Kier molecular flexibility index (Phi) is 3.84. The number of nitrogen functional groups attached to an aromatic ring is 1. The van der Waals surface area contributed by atoms with Crippen molar-refractivity contribution in [1.82, 2.24) is 15.0 Å². The van der Waals surface area contributed by atoms with Crippen molar-refractivity contribution in [3.8, 4) is 0 Å². The minimum Gasteiger partial charge on any atom is -0.466 e. The molecule has 0 aliphatic heterocycles. The summed E-state index contributed by atoms with van der Waals surface area (Å²) in [6.07, 6.45) is 0.783. The summed E-state index contributed by atoms with van der Waals surface area (Å²) in [5, 5.41) is 2.85. The maximum atomic E-state index is 5.64. The highest BCUT2D eigenvalue weighted by Crippen LogP contribution is 2.12. The minimum atomic E-state index is 0.204. The molecular weight excluding hydrogens is 244 g/mol. The lowest BCUT2D eigenvalue weighted by atomic mass is 10.3. The van der Waals surface area contributed by atoms with Crippen molar-refractivity contribution in [3.63, 3.8) is 0 Å². The number of nitrogens with two attached hydrogens (primary N) is 1. The SMILES string of the molecule is CNc1nc(N)nc(N(C)CCc2ccc(C)o2)n1. The Labute approximate surface area is 111 Å². The molecule has 7 nitrogen and oxygen atoms in total. The lowest BCUT2D eigenvalue weighted by Crippen LogP contribution is -2.23. The van der Waals surface area contributed by atoms with E-state index in [0.717, 1.165) is 24.5 Å². The molecule has 7 heteroatoms. The molecule has 0 radical (unpaired) electrons. The fourth-order valence-corrected chi connectivity index (χ4v) is 1.66. The molecule has 3 N–H and O–H groups in total. The van der Waals surface area contributed by atoms with Crippen molar-refractivity contribution in [3.05, 3.63) is 23.7 Å². The van der Waals surface area contributed by atoms with E-state index in [1.54, 1.807) is 7.05 Å². The van der Waals surface area contributed by atoms with E-state index in [2.05, 4.69) is 20.3 Å². The van der Waals surface area contributed by atoms with Crippen molar-refractivity contribution in [1.29, 1.82) is 0 Å². The Morgan fingerprint density at radius 3 is 2.74 bits per heavy atom. The van der Waals surface area contributed by atoms with Gasteiger partial charge in [-0.2, -0.15) is 15.0 Å². The van der Waals surface area contributed by atoms with Gasteiger partial charge in [-0.15, -0.1) is 0 Å². The predicted molar refractivity (Wildman–Crippen MR) is 74.2 cm³/mol. The van der Waals surface area contributed by atoms with Gasteiger partial charge >= 0.3 is 0 Å². The Morgan fingerprint density at radius 1 is 1.32 bits per heavy atom. The van der Waals surface area contributed by atoms with Gasteiger partial charge in [0.2, 0.25) is 17.8 Å². The molecule has 2 aromatic heterocycles. The average molecular weight is 262 g/mol. The molecule has 0 saturated carbocycles. The van der Waals surface area contributed by atoms with Crippen molar-refractivity contribution >= 4 is 17.8 Å². The summed E-state index contributed by atoms with van der Waals surface area (Å²) in [4.78, 5) is 14.2. The number of furan rings is 1. The van der Waals surface area contributed by atoms with Crippen LogP contribution in [-0.2, 0) is 6.42 Å². The van der Waals surface area contributed by atoms with E-state index < -0.39 is 0 Å². The van der Waals surface area contributed by atoms with Crippen LogP contribution in [-0.4, -0.2) is 35.6 Å². The van der Waals surface area contributed by atoms with Crippen LogP contribution in [0.3, 0.4) is 0 Å². The standard InChI is InChI=1S/C12H18N6O/c1-8-4-5-9(19-8)6-7-18(3)12-16-10(13)15-11(14-2)17-12/h4-5H,6-7H2,1-3H3,(H3,13,14,15,16,17). The van der Waals surface area contributed by atoms with E-state index in [1.165, 1.54) is 0 Å². The zero-order chi connectivity index (χ0) is 13.8. The Balaban J connectivity index is 2.03. The largest absolute Gasteiger partial charge is 0.466 e. The number of anilines is 3. The van der Waals surface area contributed by atoms with E-state index in [4.69, 9.17) is 10.2 Å². The molecule has 0 bridgehead atoms. The van der Waals surface area contributed by atoms with Gasteiger partial charge in [0.15, 0.2) is 0 Å². The van der Waals surface area contributed by atoms with Gasteiger partial charge in [-0.3, -0.25) is 0 Å². The lowest BCUT2D eigenvalue weighted by molar-refractivity contribution is 0.482. The highest BCUT2D eigenvalue weighted by molar-refractivity contribution is 5.40. The van der Waals surface area contributed by atoms with Gasteiger partial charge in [-0.1, -0.05) is 0 Å². The zero-order valence-corrected chi connectivity index (χ0v) is 11.3. The summed E-state index contributed by atoms with van der Waals surface area (Å²) < 4.78 is 5.52. The second-order valence-corrected chi connectivity index (χ2v) is 4.25. The number of hydrogen-bond acceptors (Lipinski definition) is 7. The Bertz CT molecular complexity index is 553. The summed E-state index contributed by atoms with van der Waals surface area (Å²) >= 11 is 0. The van der Waals surface area contributed by atoms with Gasteiger partial charge < -0.3 is 20.4 Å². The third kappa shape index (κ3) is 3.34. The second kappa shape index (κ2) is 5.55. The maximum Gasteiger partial charge on any atom is 0.231 e. The fourth-order valence-electron chi connectivity index (χ4n) is 1.66. The van der Waals surface area contributed by atoms with E-state index in [9.17, 15) is 0 Å². The maximum absolute atomic E-state index is 5.64. The second-order valence-electron chi connectivity index (χ2n) is 4.25. The fraction of sp³-hybridized carbons (Fsp3) is 0.417. The van der Waals surface area contributed by atoms with Crippen LogP contribution in [0.4, 0.5) is 17.8 Å². The summed E-state index contributed by atoms with van der Waals surface area (Å²) in [6.45, 7) is 2.67. The van der Waals surface area contributed by atoms with Crippen molar-refractivity contribution in [2.45, 2.75) is 13.3 Å². The van der Waals surface area contributed by atoms with Gasteiger partial charge in [0.25, 0.3) is 0 Å². The molecule has 0 amide bonds. The first-order chi connectivity index (χ1) is 9.08. The number of nitrogens with one attached hydrogen (secondary N) is 1. The van der Waals surface area contributed by atoms with Gasteiger partial charge in [-0.25, -0.2) is 0 Å². The lowest BCUT2D eigenvalue weighted by Gasteiger charge is -2.16. The average Bonchev–Trinajstić information content (AvgIpc) is 2.81. The van der Waals surface area contributed by atoms with Crippen LogP contribution in [0, 0.1) is 6.92 Å². The summed E-state index contributed by atoms with van der Waals surface area (Å²) in [5.41, 5.74) is 5.64. The summed E-state index contributed by atoms with van der Waals surface area (Å²) in [5.74, 6) is 3.07. The van der Waals surface area contributed by atoms with Crippen LogP contribution >= 0.6 is 0 Å². The molecule has 19 heavy (non-hydrogen) atoms. The topological polar surface area (TPSA) is 93.1 Å². The molecule has 0 fully saturated rings. The first kappa shape index (κ1) is 13.1. The molecule has 0 aliphatic carbocycles. The van der Waals surface area contributed by atoms with Crippen LogP contribution in [0.25, 0.3) is 0 Å². The molecule has 0 aliphatic rings. The summed E-state index contributed by atoms with van der Waals surface area (Å²) in [7, 11) is 3.65. The van der Waals surface area contributed by atoms with E-state index >= 15 is 0 Å². The van der Waals surface area contributed by atoms with Gasteiger partial charge in [-0.05, 0) is 19.1 Å². The molecule has 0 aromatic carbocycles. The number of hydrogen-bond donors (Lipinski definition) is 2. The smallest absolute Gasteiger partial charge is 0.231 e. The number of aromatic nitrogens is 3. The third-order valence-electron chi connectivity index (χ3n) is 2.70. The van der Waals surface area contributed by atoms with Crippen LogP contribution in [0.1, 0.15) is 11.5 Å². The number of nitrogens with zero attached hydrogens (tertiary/aromatic N) is 4. The van der Waals surface area contributed by atoms with E-state index in [0.29, 0.717) is 11.9 Å². The van der Waals surface area contributed by atoms with Gasteiger partial charge in [0.05, 0.1) is 0 Å². The Hall–Kier alpha value is -2.31. The molecule has 102 valence electrons. The quantitative estimate of drug-likeness (QED) is 0.832. The number of rotatable bonds is 5. The molecule has 0 spiro atoms.